The summed E-state index contributed by atoms with van der Waals surface area (Å²) in [4.78, 5) is 22.0. The van der Waals surface area contributed by atoms with Gasteiger partial charge >= 0.3 is 5.97 Å². The zero-order chi connectivity index (χ0) is 15.1. The van der Waals surface area contributed by atoms with Gasteiger partial charge in [-0.25, -0.2) is 8.78 Å². The van der Waals surface area contributed by atoms with E-state index in [1.54, 1.807) is 6.92 Å². The normalized spacial score (nSPS) is 11.9. The van der Waals surface area contributed by atoms with Gasteiger partial charge in [0.1, 0.15) is 0 Å². The number of benzene rings is 1. The Kier molecular flexibility index (Phi) is 6.09. The van der Waals surface area contributed by atoms with Crippen molar-refractivity contribution in [3.63, 3.8) is 0 Å². The summed E-state index contributed by atoms with van der Waals surface area (Å²) in [6, 6.07) is 3.52. The van der Waals surface area contributed by atoms with Crippen LogP contribution in [0.2, 0.25) is 0 Å². The highest BCUT2D eigenvalue weighted by Crippen LogP contribution is 2.10. The summed E-state index contributed by atoms with van der Waals surface area (Å²) in [6.45, 7) is 2.01. The number of nitrogens with one attached hydrogen (secondary N) is 1. The molecule has 1 atom stereocenters. The molecule has 110 valence electrons. The van der Waals surface area contributed by atoms with Gasteiger partial charge in [-0.15, -0.1) is 0 Å². The van der Waals surface area contributed by atoms with Crippen LogP contribution in [0.4, 0.5) is 8.78 Å². The van der Waals surface area contributed by atoms with Gasteiger partial charge in [0.05, 0.1) is 0 Å². The first-order valence-electron chi connectivity index (χ1n) is 6.31. The summed E-state index contributed by atoms with van der Waals surface area (Å²) < 4.78 is 25.7. The molecule has 0 aromatic heterocycles. The minimum absolute atomic E-state index is 0.0105. The lowest BCUT2D eigenvalue weighted by molar-refractivity contribution is -0.138. The molecule has 1 unspecified atom stereocenters. The van der Waals surface area contributed by atoms with Crippen molar-refractivity contribution in [1.82, 2.24) is 5.32 Å². The zero-order valence-corrected chi connectivity index (χ0v) is 11.2. The molecule has 1 aromatic carbocycles. The predicted octanol–water partition coefficient (Wildman–Crippen LogP) is 2.12. The van der Waals surface area contributed by atoms with Crippen molar-refractivity contribution in [3.05, 3.63) is 35.4 Å². The number of carboxylic acid groups (broad SMARTS) is 1. The Labute approximate surface area is 115 Å². The Bertz CT molecular complexity index is 491. The molecule has 0 radical (unpaired) electrons. The summed E-state index contributed by atoms with van der Waals surface area (Å²) >= 11 is 0. The first kappa shape index (κ1) is 16.1. The molecule has 0 aliphatic rings. The molecule has 20 heavy (non-hydrogen) atoms. The standard InChI is InChI=1S/C14H17F2NO3/c1-9(6-14(19)20)8-17-13(18)5-3-10-2-4-11(15)12(16)7-10/h2,4,7,9H,3,5-6,8H2,1H3,(H,17,18)(H,19,20). The number of hydrogen-bond acceptors (Lipinski definition) is 2. The lowest BCUT2D eigenvalue weighted by Crippen LogP contribution is -2.29. The smallest absolute Gasteiger partial charge is 0.303 e. The number of halogens is 2. The third-order valence-electron chi connectivity index (χ3n) is 2.80. The molecule has 0 fully saturated rings. The van der Waals surface area contributed by atoms with E-state index in [0.29, 0.717) is 12.0 Å². The Morgan fingerprint density at radius 2 is 2.00 bits per heavy atom. The number of hydrogen-bond donors (Lipinski definition) is 2. The van der Waals surface area contributed by atoms with Crippen molar-refractivity contribution in [2.24, 2.45) is 5.92 Å². The first-order chi connectivity index (χ1) is 9.38. The fourth-order valence-electron chi connectivity index (χ4n) is 1.70. The van der Waals surface area contributed by atoms with E-state index in [4.69, 9.17) is 5.11 Å². The predicted molar refractivity (Wildman–Crippen MR) is 69.1 cm³/mol. The fourth-order valence-corrected chi connectivity index (χ4v) is 1.70. The van der Waals surface area contributed by atoms with E-state index in [2.05, 4.69) is 5.32 Å². The maximum absolute atomic E-state index is 12.9. The van der Waals surface area contributed by atoms with Crippen molar-refractivity contribution >= 4 is 11.9 Å². The van der Waals surface area contributed by atoms with E-state index in [1.165, 1.54) is 6.07 Å². The molecule has 1 aromatic rings. The van der Waals surface area contributed by atoms with Gasteiger partial charge in [-0.2, -0.15) is 0 Å². The number of carbonyl (C=O) groups is 2. The second-order valence-corrected chi connectivity index (χ2v) is 4.76. The minimum Gasteiger partial charge on any atom is -0.481 e. The van der Waals surface area contributed by atoms with Gasteiger partial charge in [0.25, 0.3) is 0 Å². The van der Waals surface area contributed by atoms with Crippen LogP contribution in [-0.4, -0.2) is 23.5 Å². The Morgan fingerprint density at radius 1 is 1.30 bits per heavy atom. The molecule has 0 saturated carbocycles. The van der Waals surface area contributed by atoms with E-state index in [-0.39, 0.29) is 31.2 Å². The number of amides is 1. The lowest BCUT2D eigenvalue weighted by atomic mass is 10.1. The molecular weight excluding hydrogens is 268 g/mol. The molecular formula is C14H17F2NO3. The van der Waals surface area contributed by atoms with Crippen LogP contribution in [0.25, 0.3) is 0 Å². The van der Waals surface area contributed by atoms with Crippen molar-refractivity contribution in [3.8, 4) is 0 Å². The maximum Gasteiger partial charge on any atom is 0.303 e. The molecule has 0 aliphatic heterocycles. The van der Waals surface area contributed by atoms with E-state index in [9.17, 15) is 18.4 Å². The van der Waals surface area contributed by atoms with Crippen molar-refractivity contribution in [2.45, 2.75) is 26.2 Å². The highest BCUT2D eigenvalue weighted by Gasteiger charge is 2.10. The number of aryl methyl sites for hydroxylation is 1. The highest BCUT2D eigenvalue weighted by molar-refractivity contribution is 5.76. The van der Waals surface area contributed by atoms with Crippen molar-refractivity contribution in [1.29, 1.82) is 0 Å². The van der Waals surface area contributed by atoms with Crippen molar-refractivity contribution in [2.75, 3.05) is 6.54 Å². The third kappa shape index (κ3) is 5.77. The molecule has 2 N–H and O–H groups in total. The third-order valence-corrected chi connectivity index (χ3v) is 2.80. The Morgan fingerprint density at radius 3 is 2.60 bits per heavy atom. The molecule has 0 aliphatic carbocycles. The highest BCUT2D eigenvalue weighted by atomic mass is 19.2. The van der Waals surface area contributed by atoms with Gasteiger partial charge in [-0.05, 0) is 30.0 Å². The van der Waals surface area contributed by atoms with Gasteiger partial charge in [0, 0.05) is 19.4 Å². The summed E-state index contributed by atoms with van der Waals surface area (Å²) in [5.41, 5.74) is 0.539. The maximum atomic E-state index is 12.9. The number of carbonyl (C=O) groups excluding carboxylic acids is 1. The minimum atomic E-state index is -0.932. The number of rotatable bonds is 7. The summed E-state index contributed by atoms with van der Waals surface area (Å²) in [5, 5.41) is 11.2. The Hall–Kier alpha value is -1.98. The average Bonchev–Trinajstić information content (AvgIpc) is 2.37. The molecule has 0 spiro atoms. The van der Waals surface area contributed by atoms with Gasteiger partial charge in [-0.3, -0.25) is 9.59 Å². The molecule has 1 rings (SSSR count). The second kappa shape index (κ2) is 7.57. The topological polar surface area (TPSA) is 66.4 Å². The van der Waals surface area contributed by atoms with Crippen LogP contribution in [0.5, 0.6) is 0 Å². The van der Waals surface area contributed by atoms with Crippen molar-refractivity contribution < 1.29 is 23.5 Å². The molecule has 6 heteroatoms. The van der Waals surface area contributed by atoms with Gasteiger partial charge in [0.2, 0.25) is 5.91 Å². The second-order valence-electron chi connectivity index (χ2n) is 4.76. The van der Waals surface area contributed by atoms with Crippen LogP contribution in [0, 0.1) is 17.6 Å². The summed E-state index contributed by atoms with van der Waals surface area (Å²) in [5.74, 6) is -3.15. The van der Waals surface area contributed by atoms with Crippen LogP contribution in [0.3, 0.4) is 0 Å². The van der Waals surface area contributed by atoms with Crippen LogP contribution >= 0.6 is 0 Å². The molecule has 4 nitrogen and oxygen atoms in total. The van der Waals surface area contributed by atoms with E-state index >= 15 is 0 Å². The molecule has 0 bridgehead atoms. The number of aliphatic carboxylic acids is 1. The van der Waals surface area contributed by atoms with E-state index in [0.717, 1.165) is 12.1 Å². The zero-order valence-electron chi connectivity index (χ0n) is 11.2. The fraction of sp³-hybridized carbons (Fsp3) is 0.429. The quantitative estimate of drug-likeness (QED) is 0.806. The largest absolute Gasteiger partial charge is 0.481 e. The van der Waals surface area contributed by atoms with E-state index in [1.807, 2.05) is 0 Å². The Balaban J connectivity index is 2.32. The van der Waals surface area contributed by atoms with Crippen LogP contribution < -0.4 is 5.32 Å². The molecule has 0 saturated heterocycles. The van der Waals surface area contributed by atoms with Gasteiger partial charge < -0.3 is 10.4 Å². The summed E-state index contributed by atoms with van der Waals surface area (Å²) in [6.07, 6.45) is 0.435. The van der Waals surface area contributed by atoms with Gasteiger partial charge in [0.15, 0.2) is 11.6 Å². The lowest BCUT2D eigenvalue weighted by Gasteiger charge is -2.10. The first-order valence-corrected chi connectivity index (χ1v) is 6.31. The monoisotopic (exact) mass is 285 g/mol. The number of carboxylic acids is 1. The SMILES string of the molecule is CC(CNC(=O)CCc1ccc(F)c(F)c1)CC(=O)O. The molecule has 1 amide bonds. The van der Waals surface area contributed by atoms with Crippen LogP contribution in [-0.2, 0) is 16.0 Å². The average molecular weight is 285 g/mol. The molecule has 0 heterocycles. The van der Waals surface area contributed by atoms with Crippen LogP contribution in [0.1, 0.15) is 25.3 Å². The van der Waals surface area contributed by atoms with E-state index < -0.39 is 17.6 Å². The summed E-state index contributed by atoms with van der Waals surface area (Å²) in [7, 11) is 0. The van der Waals surface area contributed by atoms with Crippen LogP contribution in [0.15, 0.2) is 18.2 Å². The van der Waals surface area contributed by atoms with Gasteiger partial charge in [-0.1, -0.05) is 13.0 Å².